The van der Waals surface area contributed by atoms with Crippen LogP contribution in [0.25, 0.3) is 0 Å². The van der Waals surface area contributed by atoms with Crippen molar-refractivity contribution >= 4 is 35.8 Å². The predicted octanol–water partition coefficient (Wildman–Crippen LogP) is 1.64. The first-order chi connectivity index (χ1) is 12.3. The Labute approximate surface area is 178 Å². The number of hydrogen-bond donors (Lipinski definition) is 1. The summed E-state index contributed by atoms with van der Waals surface area (Å²) in [4.78, 5) is 21.1. The van der Waals surface area contributed by atoms with Crippen LogP contribution < -0.4 is 5.32 Å². The maximum atomic E-state index is 12.7. The zero-order chi connectivity index (χ0) is 18.9. The molecule has 0 radical (unpaired) electrons. The molecule has 2 aliphatic heterocycles. The zero-order valence-corrected chi connectivity index (χ0v) is 19.4. The summed E-state index contributed by atoms with van der Waals surface area (Å²) < 4.78 is 2.20. The Morgan fingerprint density at radius 2 is 2.04 bits per heavy atom. The van der Waals surface area contributed by atoms with E-state index in [1.165, 1.54) is 12.8 Å². The number of carbonyl (C=O) groups is 1. The van der Waals surface area contributed by atoms with E-state index in [9.17, 15) is 4.79 Å². The Hall–Kier alpha value is -1.39. The molecule has 1 aromatic rings. The van der Waals surface area contributed by atoms with Gasteiger partial charge in [-0.15, -0.1) is 34.2 Å². The third-order valence-corrected chi connectivity index (χ3v) is 5.19. The Morgan fingerprint density at radius 1 is 1.30 bits per heavy atom. The van der Waals surface area contributed by atoms with Gasteiger partial charge in [0.05, 0.1) is 18.6 Å². The standard InChI is InChI=1S/C18H31N7O.HI/c1-13(2)25-16(26)11-23(12-18(25,3)4)17(19-5)20-10-15-22-21-14-8-6-7-9-24(14)15;/h13H,6-12H2,1-5H3,(H,19,20);1H. The summed E-state index contributed by atoms with van der Waals surface area (Å²) in [6.07, 6.45) is 3.36. The van der Waals surface area contributed by atoms with Gasteiger partial charge >= 0.3 is 0 Å². The summed E-state index contributed by atoms with van der Waals surface area (Å²) >= 11 is 0. The minimum Gasteiger partial charge on any atom is -0.349 e. The molecule has 0 bridgehead atoms. The fraction of sp³-hybridized carbons (Fsp3) is 0.778. The lowest BCUT2D eigenvalue weighted by atomic mass is 9.96. The van der Waals surface area contributed by atoms with Crippen molar-refractivity contribution in [2.24, 2.45) is 4.99 Å². The van der Waals surface area contributed by atoms with Crippen molar-refractivity contribution in [3.05, 3.63) is 11.6 Å². The highest BCUT2D eigenvalue weighted by Crippen LogP contribution is 2.24. The Kier molecular flexibility index (Phi) is 7.09. The quantitative estimate of drug-likeness (QED) is 0.397. The molecular formula is C18H32IN7O. The molecule has 3 heterocycles. The van der Waals surface area contributed by atoms with Crippen LogP contribution in [0.5, 0.6) is 0 Å². The van der Waals surface area contributed by atoms with E-state index in [4.69, 9.17) is 0 Å². The first-order valence-corrected chi connectivity index (χ1v) is 9.52. The Morgan fingerprint density at radius 3 is 2.67 bits per heavy atom. The molecule has 0 aliphatic carbocycles. The molecule has 0 atom stereocenters. The monoisotopic (exact) mass is 489 g/mol. The van der Waals surface area contributed by atoms with E-state index < -0.39 is 0 Å². The van der Waals surface area contributed by atoms with Gasteiger partial charge in [-0.3, -0.25) is 9.79 Å². The van der Waals surface area contributed by atoms with E-state index in [0.717, 1.165) is 37.1 Å². The van der Waals surface area contributed by atoms with Crippen molar-refractivity contribution in [3.63, 3.8) is 0 Å². The van der Waals surface area contributed by atoms with Gasteiger partial charge in [-0.2, -0.15) is 0 Å². The molecule has 0 spiro atoms. The van der Waals surface area contributed by atoms with E-state index in [0.29, 0.717) is 13.1 Å². The number of nitrogens with one attached hydrogen (secondary N) is 1. The minimum atomic E-state index is -0.241. The topological polar surface area (TPSA) is 78.6 Å². The Balaban J connectivity index is 0.00000261. The number of guanidine groups is 1. The summed E-state index contributed by atoms with van der Waals surface area (Å²) in [5.74, 6) is 2.89. The van der Waals surface area contributed by atoms with Crippen LogP contribution >= 0.6 is 24.0 Å². The number of rotatable bonds is 3. The van der Waals surface area contributed by atoms with Crippen LogP contribution in [-0.2, 0) is 24.3 Å². The number of aryl methyl sites for hydroxylation is 1. The second-order valence-corrected chi connectivity index (χ2v) is 8.07. The molecule has 8 nitrogen and oxygen atoms in total. The first-order valence-electron chi connectivity index (χ1n) is 9.52. The fourth-order valence-electron chi connectivity index (χ4n) is 4.30. The van der Waals surface area contributed by atoms with Crippen molar-refractivity contribution < 1.29 is 4.79 Å². The molecule has 1 amide bonds. The molecular weight excluding hydrogens is 457 g/mol. The average Bonchev–Trinajstić information content (AvgIpc) is 2.97. The summed E-state index contributed by atoms with van der Waals surface area (Å²) in [5.41, 5.74) is -0.241. The summed E-state index contributed by atoms with van der Waals surface area (Å²) in [7, 11) is 1.76. The maximum Gasteiger partial charge on any atom is 0.242 e. The molecule has 2 aliphatic rings. The van der Waals surface area contributed by atoms with E-state index in [-0.39, 0.29) is 41.5 Å². The van der Waals surface area contributed by atoms with Crippen molar-refractivity contribution in [1.82, 2.24) is 29.9 Å². The van der Waals surface area contributed by atoms with E-state index in [1.54, 1.807) is 7.05 Å². The number of carbonyl (C=O) groups excluding carboxylic acids is 1. The molecule has 9 heteroatoms. The van der Waals surface area contributed by atoms with Gasteiger partial charge in [-0.1, -0.05) is 0 Å². The van der Waals surface area contributed by atoms with Crippen LogP contribution in [0.15, 0.2) is 4.99 Å². The number of aliphatic imine (C=N–C) groups is 1. The molecule has 1 saturated heterocycles. The molecule has 1 aromatic heterocycles. The summed E-state index contributed by atoms with van der Waals surface area (Å²) in [6, 6.07) is 0.192. The summed E-state index contributed by atoms with van der Waals surface area (Å²) in [6.45, 7) is 11.0. The van der Waals surface area contributed by atoms with Gasteiger partial charge in [0.1, 0.15) is 5.82 Å². The number of piperazine rings is 1. The van der Waals surface area contributed by atoms with Crippen molar-refractivity contribution in [2.45, 2.75) is 71.6 Å². The summed E-state index contributed by atoms with van der Waals surface area (Å²) in [5, 5.41) is 12.0. The third-order valence-electron chi connectivity index (χ3n) is 5.19. The largest absolute Gasteiger partial charge is 0.349 e. The third kappa shape index (κ3) is 4.55. The number of hydrogen-bond acceptors (Lipinski definition) is 4. The maximum absolute atomic E-state index is 12.7. The van der Waals surface area contributed by atoms with Gasteiger partial charge in [-0.05, 0) is 40.5 Å². The predicted molar refractivity (Wildman–Crippen MR) is 116 cm³/mol. The number of aromatic nitrogens is 3. The van der Waals surface area contributed by atoms with Gasteiger partial charge in [-0.25, -0.2) is 0 Å². The van der Waals surface area contributed by atoms with E-state index in [1.807, 2.05) is 9.80 Å². The van der Waals surface area contributed by atoms with Crippen LogP contribution in [0, 0.1) is 0 Å². The molecule has 1 N–H and O–H groups in total. The van der Waals surface area contributed by atoms with Gasteiger partial charge in [0.15, 0.2) is 11.8 Å². The average molecular weight is 489 g/mol. The lowest BCUT2D eigenvalue weighted by Crippen LogP contribution is -2.66. The van der Waals surface area contributed by atoms with Crippen LogP contribution in [0.1, 0.15) is 52.2 Å². The van der Waals surface area contributed by atoms with Gasteiger partial charge in [0.25, 0.3) is 0 Å². The van der Waals surface area contributed by atoms with Crippen molar-refractivity contribution in [2.75, 3.05) is 20.1 Å². The fourth-order valence-corrected chi connectivity index (χ4v) is 4.30. The van der Waals surface area contributed by atoms with E-state index in [2.05, 4.69) is 52.8 Å². The van der Waals surface area contributed by atoms with Gasteiger partial charge < -0.3 is 19.7 Å². The van der Waals surface area contributed by atoms with Crippen molar-refractivity contribution in [1.29, 1.82) is 0 Å². The molecule has 1 fully saturated rings. The van der Waals surface area contributed by atoms with Crippen LogP contribution in [-0.4, -0.2) is 68.1 Å². The van der Waals surface area contributed by atoms with E-state index >= 15 is 0 Å². The Bertz CT molecular complexity index is 698. The normalized spacial score (nSPS) is 19.8. The number of nitrogens with zero attached hydrogens (tertiary/aromatic N) is 6. The highest BCUT2D eigenvalue weighted by atomic mass is 127. The van der Waals surface area contributed by atoms with Crippen LogP contribution in [0.2, 0.25) is 0 Å². The lowest BCUT2D eigenvalue weighted by Gasteiger charge is -2.49. The van der Waals surface area contributed by atoms with Gasteiger partial charge in [0, 0.05) is 32.6 Å². The highest BCUT2D eigenvalue weighted by Gasteiger charge is 2.40. The van der Waals surface area contributed by atoms with Gasteiger partial charge in [0.2, 0.25) is 5.91 Å². The molecule has 0 saturated carbocycles. The zero-order valence-electron chi connectivity index (χ0n) is 17.0. The highest BCUT2D eigenvalue weighted by molar-refractivity contribution is 14.0. The molecule has 0 unspecified atom stereocenters. The number of fused-ring (bicyclic) bond motifs is 1. The lowest BCUT2D eigenvalue weighted by molar-refractivity contribution is -0.145. The molecule has 27 heavy (non-hydrogen) atoms. The smallest absolute Gasteiger partial charge is 0.242 e. The first kappa shape index (κ1) is 21.9. The van der Waals surface area contributed by atoms with Crippen LogP contribution in [0.3, 0.4) is 0 Å². The second-order valence-electron chi connectivity index (χ2n) is 8.07. The molecule has 3 rings (SSSR count). The number of amides is 1. The number of halogens is 1. The molecule has 152 valence electrons. The second kappa shape index (κ2) is 8.74. The molecule has 0 aromatic carbocycles. The van der Waals surface area contributed by atoms with Crippen molar-refractivity contribution in [3.8, 4) is 0 Å². The minimum absolute atomic E-state index is 0. The van der Waals surface area contributed by atoms with Crippen LogP contribution in [0.4, 0.5) is 0 Å². The SMILES string of the molecule is CN=C(NCc1nnc2n1CCCC2)N1CC(=O)N(C(C)C)C(C)(C)C1.I.